The molecule has 0 aliphatic rings. The molecule has 0 fully saturated rings. The van der Waals surface area contributed by atoms with E-state index in [1.165, 1.54) is 0 Å². The van der Waals surface area contributed by atoms with Gasteiger partial charge in [0.25, 0.3) is 0 Å². The molecule has 102 valence electrons. The first-order valence-corrected chi connectivity index (χ1v) is 7.88. The Bertz CT molecular complexity index is 581. The monoisotopic (exact) mass is 452 g/mol. The van der Waals surface area contributed by atoms with Gasteiger partial charge >= 0.3 is 0 Å². The van der Waals surface area contributed by atoms with Crippen molar-refractivity contribution in [1.82, 2.24) is 0 Å². The van der Waals surface area contributed by atoms with Gasteiger partial charge in [-0.25, -0.2) is 0 Å². The van der Waals surface area contributed by atoms with Crippen molar-refractivity contribution < 1.29 is 13.9 Å². The molecule has 2 rings (SSSR count). The maximum absolute atomic E-state index is 5.56. The Morgan fingerprint density at radius 3 is 2.32 bits per heavy atom. The topological polar surface area (TPSA) is 31.6 Å². The van der Waals surface area contributed by atoms with Crippen molar-refractivity contribution in [3.63, 3.8) is 0 Å². The molecule has 19 heavy (non-hydrogen) atoms. The number of methoxy groups -OCH3 is 2. The minimum absolute atomic E-state index is 0.101. The molecule has 0 N–H and O–H groups in total. The number of furan rings is 1. The van der Waals surface area contributed by atoms with Crippen LogP contribution in [0.1, 0.15) is 16.2 Å². The predicted molar refractivity (Wildman–Crippen MR) is 84.4 cm³/mol. The fourth-order valence-electron chi connectivity index (χ4n) is 1.74. The van der Waals surface area contributed by atoms with Crippen LogP contribution in [-0.2, 0) is 0 Å². The molecular weight excluding hydrogens is 444 g/mol. The quantitative estimate of drug-likeness (QED) is 0.587. The van der Waals surface area contributed by atoms with Crippen molar-refractivity contribution in [1.29, 1.82) is 0 Å². The third-order valence-electron chi connectivity index (χ3n) is 2.63. The van der Waals surface area contributed by atoms with Gasteiger partial charge in [-0.2, -0.15) is 0 Å². The van der Waals surface area contributed by atoms with Gasteiger partial charge in [0, 0.05) is 5.56 Å². The highest BCUT2D eigenvalue weighted by Gasteiger charge is 2.22. The normalized spacial score (nSPS) is 12.3. The second-order valence-corrected chi connectivity index (χ2v) is 6.20. The van der Waals surface area contributed by atoms with Gasteiger partial charge in [-0.3, -0.25) is 0 Å². The van der Waals surface area contributed by atoms with E-state index >= 15 is 0 Å². The van der Waals surface area contributed by atoms with Crippen molar-refractivity contribution in [2.75, 3.05) is 14.2 Å². The van der Waals surface area contributed by atoms with E-state index in [4.69, 9.17) is 13.9 Å². The Morgan fingerprint density at radius 1 is 1.05 bits per heavy atom. The zero-order valence-electron chi connectivity index (χ0n) is 10.2. The first kappa shape index (κ1) is 14.9. The third kappa shape index (κ3) is 3.01. The second-order valence-electron chi connectivity index (χ2n) is 3.71. The molecule has 6 heteroatoms. The summed E-state index contributed by atoms with van der Waals surface area (Å²) in [6, 6.07) is 7.59. The van der Waals surface area contributed by atoms with Crippen molar-refractivity contribution in [3.8, 4) is 11.5 Å². The van der Waals surface area contributed by atoms with Gasteiger partial charge in [-0.15, -0.1) is 0 Å². The maximum atomic E-state index is 5.56. The smallest absolute Gasteiger partial charge is 0.169 e. The van der Waals surface area contributed by atoms with E-state index in [-0.39, 0.29) is 4.83 Å². The Balaban J connectivity index is 2.47. The number of benzene rings is 1. The molecule has 0 spiro atoms. The largest absolute Gasteiger partial charge is 0.495 e. The predicted octanol–water partition coefficient (Wildman–Crippen LogP) is 5.31. The summed E-state index contributed by atoms with van der Waals surface area (Å²) in [6.07, 6.45) is 0. The molecule has 1 unspecified atom stereocenters. The number of alkyl halides is 1. The highest BCUT2D eigenvalue weighted by atomic mass is 79.9. The molecule has 2 aromatic rings. The number of ether oxygens (including phenoxy) is 2. The zero-order chi connectivity index (χ0) is 14.0. The molecule has 0 bridgehead atoms. The fraction of sp³-hybridized carbons (Fsp3) is 0.231. The lowest BCUT2D eigenvalue weighted by atomic mass is 10.1. The van der Waals surface area contributed by atoms with Crippen molar-refractivity contribution in [2.45, 2.75) is 4.83 Å². The molecule has 3 nitrogen and oxygen atoms in total. The van der Waals surface area contributed by atoms with Crippen molar-refractivity contribution >= 4 is 47.8 Å². The van der Waals surface area contributed by atoms with E-state index in [9.17, 15) is 0 Å². The Labute approximate surface area is 136 Å². The summed E-state index contributed by atoms with van der Waals surface area (Å²) in [5.74, 6) is 2.23. The van der Waals surface area contributed by atoms with Gasteiger partial charge in [-0.1, -0.05) is 15.9 Å². The van der Waals surface area contributed by atoms with Crippen LogP contribution in [0, 0.1) is 0 Å². The summed E-state index contributed by atoms with van der Waals surface area (Å²) in [7, 11) is 3.25. The van der Waals surface area contributed by atoms with E-state index in [2.05, 4.69) is 47.8 Å². The highest BCUT2D eigenvalue weighted by molar-refractivity contribution is 9.11. The lowest BCUT2D eigenvalue weighted by Crippen LogP contribution is -1.98. The van der Waals surface area contributed by atoms with Crippen LogP contribution in [0.2, 0.25) is 0 Å². The van der Waals surface area contributed by atoms with Gasteiger partial charge in [0.2, 0.25) is 0 Å². The summed E-state index contributed by atoms with van der Waals surface area (Å²) < 4.78 is 17.8. The minimum atomic E-state index is -0.101. The van der Waals surface area contributed by atoms with E-state index in [0.717, 1.165) is 21.5 Å². The van der Waals surface area contributed by atoms with Gasteiger partial charge in [0.1, 0.15) is 26.6 Å². The van der Waals surface area contributed by atoms with Crippen LogP contribution in [0.4, 0.5) is 0 Å². The van der Waals surface area contributed by atoms with Gasteiger partial charge in [-0.05, 0) is 56.1 Å². The first-order valence-electron chi connectivity index (χ1n) is 5.38. The molecular formula is C13H11Br3O3. The average Bonchev–Trinajstić information content (AvgIpc) is 2.84. The van der Waals surface area contributed by atoms with E-state index in [1.54, 1.807) is 14.2 Å². The second kappa shape index (κ2) is 6.33. The van der Waals surface area contributed by atoms with Gasteiger partial charge in [0.15, 0.2) is 4.67 Å². The van der Waals surface area contributed by atoms with Crippen molar-refractivity contribution in [2.24, 2.45) is 0 Å². The molecule has 0 radical (unpaired) electrons. The molecule has 0 amide bonds. The Kier molecular flexibility index (Phi) is 4.97. The summed E-state index contributed by atoms with van der Waals surface area (Å²) in [5, 5.41) is 0. The summed E-state index contributed by atoms with van der Waals surface area (Å²) >= 11 is 10.4. The van der Waals surface area contributed by atoms with Crippen molar-refractivity contribution in [3.05, 3.63) is 44.7 Å². The van der Waals surface area contributed by atoms with Gasteiger partial charge in [0.05, 0.1) is 14.2 Å². The zero-order valence-corrected chi connectivity index (χ0v) is 15.0. The fourth-order valence-corrected chi connectivity index (χ4v) is 3.35. The molecule has 1 aromatic heterocycles. The van der Waals surface area contributed by atoms with Crippen LogP contribution in [0.15, 0.2) is 37.8 Å². The molecule has 1 aromatic carbocycles. The van der Waals surface area contributed by atoms with Gasteiger partial charge < -0.3 is 13.9 Å². The van der Waals surface area contributed by atoms with E-state index in [0.29, 0.717) is 10.4 Å². The SMILES string of the molecule is COc1ccc(C(Br)c2ccc(Br)o2)c(OC)c1Br. The van der Waals surface area contributed by atoms with Crippen LogP contribution in [0.5, 0.6) is 11.5 Å². The highest BCUT2D eigenvalue weighted by Crippen LogP contribution is 2.44. The third-order valence-corrected chi connectivity index (χ3v) is 4.75. The Morgan fingerprint density at radius 2 is 1.79 bits per heavy atom. The summed E-state index contributed by atoms with van der Waals surface area (Å²) in [6.45, 7) is 0. The molecule has 0 saturated heterocycles. The molecule has 0 saturated carbocycles. The first-order chi connectivity index (χ1) is 9.08. The number of hydrogen-bond donors (Lipinski definition) is 0. The minimum Gasteiger partial charge on any atom is -0.495 e. The molecule has 0 aliphatic carbocycles. The molecule has 0 aliphatic heterocycles. The average molecular weight is 455 g/mol. The van der Waals surface area contributed by atoms with Crippen LogP contribution < -0.4 is 9.47 Å². The van der Waals surface area contributed by atoms with Crippen LogP contribution >= 0.6 is 47.8 Å². The Hall–Kier alpha value is -0.460. The number of halogens is 3. The lowest BCUT2D eigenvalue weighted by Gasteiger charge is -2.16. The molecule has 1 atom stereocenters. The number of rotatable bonds is 4. The number of hydrogen-bond acceptors (Lipinski definition) is 3. The van der Waals surface area contributed by atoms with Crippen LogP contribution in [0.25, 0.3) is 0 Å². The summed E-state index contributed by atoms with van der Waals surface area (Å²) in [5.41, 5.74) is 0.956. The lowest BCUT2D eigenvalue weighted by molar-refractivity contribution is 0.385. The van der Waals surface area contributed by atoms with E-state index < -0.39 is 0 Å². The summed E-state index contributed by atoms with van der Waals surface area (Å²) in [4.78, 5) is -0.101. The standard InChI is InChI=1S/C13H11Br3O3/c1-17-8-4-3-7(13(18-2)12(8)16)11(15)9-5-6-10(14)19-9/h3-6,11H,1-2H3. The van der Waals surface area contributed by atoms with Crippen LogP contribution in [-0.4, -0.2) is 14.2 Å². The van der Waals surface area contributed by atoms with Crippen LogP contribution in [0.3, 0.4) is 0 Å². The van der Waals surface area contributed by atoms with E-state index in [1.807, 2.05) is 24.3 Å². The maximum Gasteiger partial charge on any atom is 0.169 e. The molecule has 1 heterocycles.